The third-order valence-electron chi connectivity index (χ3n) is 3.84. The molecule has 1 aromatic heterocycles. The summed E-state index contributed by atoms with van der Waals surface area (Å²) in [6.07, 6.45) is 1.61. The van der Waals surface area contributed by atoms with E-state index in [0.717, 1.165) is 16.9 Å². The predicted molar refractivity (Wildman–Crippen MR) is 111 cm³/mol. The second kappa shape index (κ2) is 9.16. The molecule has 0 aliphatic carbocycles. The molecule has 0 fully saturated rings. The van der Waals surface area contributed by atoms with Crippen LogP contribution in [0.5, 0.6) is 17.2 Å². The van der Waals surface area contributed by atoms with Crippen LogP contribution in [0.15, 0.2) is 47.6 Å². The van der Waals surface area contributed by atoms with Crippen molar-refractivity contribution in [3.05, 3.63) is 52.8 Å². The molecule has 0 aliphatic rings. The number of aromatic amines is 1. The molecule has 0 spiro atoms. The van der Waals surface area contributed by atoms with E-state index in [1.54, 1.807) is 24.4 Å². The van der Waals surface area contributed by atoms with E-state index in [0.29, 0.717) is 28.7 Å². The second-order valence-electron chi connectivity index (χ2n) is 5.87. The molecule has 0 radical (unpaired) electrons. The maximum Gasteiger partial charge on any atom is 0.308 e. The molecule has 0 atom stereocenters. The van der Waals surface area contributed by atoms with Crippen LogP contribution in [-0.2, 0) is 4.79 Å². The van der Waals surface area contributed by atoms with Crippen molar-refractivity contribution in [2.24, 2.45) is 5.10 Å². The molecular weight excluding hydrogens is 392 g/mol. The zero-order chi connectivity index (χ0) is 20.8. The van der Waals surface area contributed by atoms with Gasteiger partial charge < -0.3 is 14.2 Å². The highest BCUT2D eigenvalue weighted by Crippen LogP contribution is 2.28. The summed E-state index contributed by atoms with van der Waals surface area (Å²) in [5.74, 6) is 1.69. The number of nitrogens with one attached hydrogen (secondary N) is 1. The maximum absolute atomic E-state index is 11.2. The molecule has 1 heterocycles. The van der Waals surface area contributed by atoms with Gasteiger partial charge in [-0.25, -0.2) is 5.10 Å². The largest absolute Gasteiger partial charge is 0.494 e. The highest BCUT2D eigenvalue weighted by Gasteiger charge is 2.10. The fourth-order valence-corrected chi connectivity index (χ4v) is 2.76. The van der Waals surface area contributed by atoms with E-state index in [1.807, 2.05) is 31.2 Å². The third kappa shape index (κ3) is 4.88. The van der Waals surface area contributed by atoms with E-state index in [-0.39, 0.29) is 0 Å². The van der Waals surface area contributed by atoms with Crippen LogP contribution in [0, 0.1) is 4.77 Å². The number of aromatic nitrogens is 3. The lowest BCUT2D eigenvalue weighted by Gasteiger charge is -2.08. The minimum absolute atomic E-state index is 0.340. The van der Waals surface area contributed by atoms with Gasteiger partial charge in [-0.1, -0.05) is 0 Å². The minimum atomic E-state index is -0.422. The van der Waals surface area contributed by atoms with Gasteiger partial charge in [-0.2, -0.15) is 14.9 Å². The predicted octanol–water partition coefficient (Wildman–Crippen LogP) is 3.82. The number of rotatable bonds is 7. The van der Waals surface area contributed by atoms with Crippen molar-refractivity contribution >= 4 is 24.4 Å². The Morgan fingerprint density at radius 3 is 2.66 bits per heavy atom. The minimum Gasteiger partial charge on any atom is -0.494 e. The number of ether oxygens (including phenoxy) is 3. The van der Waals surface area contributed by atoms with Gasteiger partial charge in [0.15, 0.2) is 17.3 Å². The van der Waals surface area contributed by atoms with E-state index in [4.69, 9.17) is 26.4 Å². The first-order valence-electron chi connectivity index (χ1n) is 8.83. The highest BCUT2D eigenvalue weighted by atomic mass is 32.1. The number of carbonyl (C=O) groups is 1. The Labute approximate surface area is 172 Å². The average Bonchev–Trinajstić information content (AvgIpc) is 3.08. The molecule has 0 saturated heterocycles. The zero-order valence-electron chi connectivity index (χ0n) is 16.2. The standard InChI is InChI=1S/C20H20N4O4S/c1-4-27-16-8-6-15(7-9-16)19-22-23-20(29)24(19)21-12-14-5-10-17(28-13(2)25)18(11-14)26-3/h5-12H,4H2,1-3H3,(H,23,29)/b21-12+. The molecule has 8 nitrogen and oxygen atoms in total. The van der Waals surface area contributed by atoms with Crippen molar-refractivity contribution in [3.63, 3.8) is 0 Å². The first kappa shape index (κ1) is 20.3. The SMILES string of the molecule is CCOc1ccc(-c2n[nH]c(=S)n2/N=C/c2ccc(OC(C)=O)c(OC)c2)cc1. The van der Waals surface area contributed by atoms with Crippen LogP contribution < -0.4 is 14.2 Å². The van der Waals surface area contributed by atoms with Crippen molar-refractivity contribution in [3.8, 4) is 28.6 Å². The van der Waals surface area contributed by atoms with E-state index in [2.05, 4.69) is 15.3 Å². The van der Waals surface area contributed by atoms with Gasteiger partial charge in [-0.3, -0.25) is 4.79 Å². The van der Waals surface area contributed by atoms with Crippen LogP contribution in [0.3, 0.4) is 0 Å². The summed E-state index contributed by atoms with van der Waals surface area (Å²) < 4.78 is 17.7. The quantitative estimate of drug-likeness (QED) is 0.275. The van der Waals surface area contributed by atoms with Crippen LogP contribution in [0.1, 0.15) is 19.4 Å². The fraction of sp³-hybridized carbons (Fsp3) is 0.200. The molecule has 0 bridgehead atoms. The van der Waals surface area contributed by atoms with Gasteiger partial charge >= 0.3 is 5.97 Å². The Morgan fingerprint density at radius 1 is 1.24 bits per heavy atom. The molecule has 150 valence electrons. The molecule has 3 rings (SSSR count). The third-order valence-corrected chi connectivity index (χ3v) is 4.10. The van der Waals surface area contributed by atoms with E-state index in [9.17, 15) is 4.79 Å². The van der Waals surface area contributed by atoms with Gasteiger partial charge in [-0.15, -0.1) is 0 Å². The van der Waals surface area contributed by atoms with Crippen molar-refractivity contribution in [1.82, 2.24) is 14.9 Å². The summed E-state index contributed by atoms with van der Waals surface area (Å²) >= 11 is 5.30. The molecule has 9 heteroatoms. The molecule has 2 aromatic carbocycles. The van der Waals surface area contributed by atoms with Crippen LogP contribution in [0.4, 0.5) is 0 Å². The first-order valence-corrected chi connectivity index (χ1v) is 9.24. The zero-order valence-corrected chi connectivity index (χ0v) is 17.0. The monoisotopic (exact) mass is 412 g/mol. The van der Waals surface area contributed by atoms with Crippen LogP contribution in [0.2, 0.25) is 0 Å². The number of methoxy groups -OCH3 is 1. The number of carbonyl (C=O) groups excluding carboxylic acids is 1. The molecule has 3 aromatic rings. The molecule has 1 N–H and O–H groups in total. The smallest absolute Gasteiger partial charge is 0.308 e. The topological polar surface area (TPSA) is 90.7 Å². The molecule has 0 amide bonds. The Bertz CT molecular complexity index is 1090. The lowest BCUT2D eigenvalue weighted by atomic mass is 10.2. The fourth-order valence-electron chi connectivity index (χ4n) is 2.58. The molecule has 0 aliphatic heterocycles. The lowest BCUT2D eigenvalue weighted by molar-refractivity contribution is -0.132. The van der Waals surface area contributed by atoms with E-state index in [1.165, 1.54) is 18.7 Å². The van der Waals surface area contributed by atoms with Gasteiger partial charge in [0.25, 0.3) is 0 Å². The lowest BCUT2D eigenvalue weighted by Crippen LogP contribution is -2.03. The number of nitrogens with zero attached hydrogens (tertiary/aromatic N) is 3. The summed E-state index contributed by atoms with van der Waals surface area (Å²) in [7, 11) is 1.50. The number of benzene rings is 2. The normalized spacial score (nSPS) is 10.9. The number of hydrogen-bond donors (Lipinski definition) is 1. The Balaban J connectivity index is 1.89. The van der Waals surface area contributed by atoms with E-state index < -0.39 is 5.97 Å². The number of H-pyrrole nitrogens is 1. The Morgan fingerprint density at radius 2 is 2.00 bits per heavy atom. The highest BCUT2D eigenvalue weighted by molar-refractivity contribution is 7.71. The summed E-state index contributed by atoms with van der Waals surface area (Å²) in [5, 5.41) is 11.5. The van der Waals surface area contributed by atoms with Crippen molar-refractivity contribution in [2.45, 2.75) is 13.8 Å². The van der Waals surface area contributed by atoms with Crippen LogP contribution >= 0.6 is 12.2 Å². The average molecular weight is 412 g/mol. The van der Waals surface area contributed by atoms with Gasteiger partial charge in [0.05, 0.1) is 19.9 Å². The van der Waals surface area contributed by atoms with Gasteiger partial charge in [0.1, 0.15) is 5.75 Å². The summed E-state index contributed by atoms with van der Waals surface area (Å²) in [4.78, 5) is 11.2. The molecular formula is C20H20N4O4S. The summed E-state index contributed by atoms with van der Waals surface area (Å²) in [6.45, 7) is 3.86. The van der Waals surface area contributed by atoms with Gasteiger partial charge in [-0.05, 0) is 67.2 Å². The number of hydrogen-bond acceptors (Lipinski definition) is 7. The van der Waals surface area contributed by atoms with Crippen molar-refractivity contribution in [1.29, 1.82) is 0 Å². The Kier molecular flexibility index (Phi) is 6.40. The Hall–Kier alpha value is -3.46. The summed E-state index contributed by atoms with van der Waals surface area (Å²) in [6, 6.07) is 12.6. The maximum atomic E-state index is 11.2. The molecule has 0 saturated carbocycles. The van der Waals surface area contributed by atoms with E-state index >= 15 is 0 Å². The van der Waals surface area contributed by atoms with Gasteiger partial charge in [0, 0.05) is 12.5 Å². The van der Waals surface area contributed by atoms with Crippen molar-refractivity contribution < 1.29 is 19.0 Å². The van der Waals surface area contributed by atoms with Gasteiger partial charge in [0.2, 0.25) is 4.77 Å². The molecule has 29 heavy (non-hydrogen) atoms. The number of esters is 1. The van der Waals surface area contributed by atoms with Crippen molar-refractivity contribution in [2.75, 3.05) is 13.7 Å². The summed E-state index contributed by atoms with van der Waals surface area (Å²) in [5.41, 5.74) is 1.57. The first-order chi connectivity index (χ1) is 14.0. The van der Waals surface area contributed by atoms with Crippen LogP contribution in [0.25, 0.3) is 11.4 Å². The molecule has 0 unspecified atom stereocenters. The second-order valence-corrected chi connectivity index (χ2v) is 6.26. The van der Waals surface area contributed by atoms with Crippen LogP contribution in [-0.4, -0.2) is 40.8 Å².